The van der Waals surface area contributed by atoms with Crippen molar-refractivity contribution in [2.75, 3.05) is 32.7 Å². The average molecular weight is 1670 g/mol. The normalized spacial score (nSPS) is 19.3. The molecule has 0 spiro atoms. The van der Waals surface area contributed by atoms with E-state index in [2.05, 4.69) is 68.5 Å². The number of nitrogens with two attached hydrogens (primary N) is 4. The van der Waals surface area contributed by atoms with E-state index in [-0.39, 0.29) is 82.1 Å². The molecule has 654 valence electrons. The summed E-state index contributed by atoms with van der Waals surface area (Å²) < 4.78 is 0. The molecule has 1 aromatic heterocycles. The number of hydrogen-bond acceptors (Lipinski definition) is 23. The molecule has 6 rings (SSSR count). The quantitative estimate of drug-likeness (QED) is 0.0293. The third kappa shape index (κ3) is 28.2. The van der Waals surface area contributed by atoms with Crippen molar-refractivity contribution in [3.8, 4) is 5.75 Å². The fourth-order valence-corrected chi connectivity index (χ4v) is 14.2. The molecule has 119 heavy (non-hydrogen) atoms. The molecule has 0 radical (unpaired) electrons. The van der Waals surface area contributed by atoms with Crippen LogP contribution in [0.5, 0.6) is 5.75 Å². The van der Waals surface area contributed by atoms with Crippen LogP contribution < -0.4 is 81.4 Å². The molecule has 16 atom stereocenters. The predicted molar refractivity (Wildman–Crippen MR) is 415 cm³/mol. The standard InChI is InChI=1S/C75H111N21O23/c1-8-37(4)60(74(117)94-24-10-13-51(94)69(112)85-40(7)75(118)119)92-68(111)46(27-36(2)3)89-64(107)45(21-22-55(77)98)86-66(109)49(31-57(79)100)87-61(104)38(5)83-58(101)34-81-63(106)48(29-42-33-80-35-82-42)90-67(110)50(32-59(102)103)88-62(105)39(6)84-65(108)47(28-41-17-19-43(97)20-18-41)91-70(113)52-14-9-23-93(52)72(115)54-16-12-26-96(54)73(116)53-15-11-25-95(53)71(114)44(76)30-56(78)99/h17-20,33,35-40,44-54,60,97H,8-16,21-32,34,76H2,1-7H3,(H2,77,98)(H2,78,99)(H2,79,100)(H,80,82)(H,81,106)(H,83,101)(H,84,108)(H,85,112)(H,86,109)(H,87,104)(H,88,105)(H,89,107)(H,90,110)(H,91,113)(H,92,111)(H,102,103)(H,118,119)/t37-,38-,39-,40-,44-,45-,46-,47-,48-,49-,50-,51-,52-,53-,54-,60-/m0/s1. The zero-order valence-electron chi connectivity index (χ0n) is 67.4. The van der Waals surface area contributed by atoms with Gasteiger partial charge in [-0.05, 0) is 115 Å². The van der Waals surface area contributed by atoms with Crippen LogP contribution in [-0.4, -0.2) is 287 Å². The zero-order valence-corrected chi connectivity index (χ0v) is 67.4. The molecule has 4 fully saturated rings. The number of aromatic amines is 1. The van der Waals surface area contributed by atoms with E-state index in [1.807, 2.05) is 0 Å². The fraction of sp³-hybridized carbons (Fsp3) is 0.613. The highest BCUT2D eigenvalue weighted by atomic mass is 16.4. The van der Waals surface area contributed by atoms with E-state index in [1.165, 1.54) is 70.2 Å². The fourth-order valence-electron chi connectivity index (χ4n) is 14.2. The van der Waals surface area contributed by atoms with Gasteiger partial charge in [-0.15, -0.1) is 0 Å². The van der Waals surface area contributed by atoms with Gasteiger partial charge >= 0.3 is 11.9 Å². The Balaban J connectivity index is 1.08. The highest BCUT2D eigenvalue weighted by molar-refractivity contribution is 6.02. The second-order valence-electron chi connectivity index (χ2n) is 30.6. The topological polar surface area (TPSA) is 680 Å². The van der Waals surface area contributed by atoms with Crippen molar-refractivity contribution in [3.63, 3.8) is 0 Å². The Morgan fingerprint density at radius 1 is 0.487 bits per heavy atom. The summed E-state index contributed by atoms with van der Waals surface area (Å²) in [5.74, 6) is -20.6. The summed E-state index contributed by atoms with van der Waals surface area (Å²) in [5, 5.41) is 55.9. The lowest BCUT2D eigenvalue weighted by Gasteiger charge is -2.34. The van der Waals surface area contributed by atoms with E-state index < -0.39 is 260 Å². The van der Waals surface area contributed by atoms with E-state index >= 15 is 0 Å². The van der Waals surface area contributed by atoms with Crippen LogP contribution in [0.1, 0.15) is 156 Å². The lowest BCUT2D eigenvalue weighted by atomic mass is 9.95. The number of H-pyrrole nitrogens is 1. The number of nitrogens with zero attached hydrogens (tertiary/aromatic N) is 5. The molecule has 0 aliphatic carbocycles. The minimum absolute atomic E-state index is 0.0578. The first-order valence-electron chi connectivity index (χ1n) is 39.4. The van der Waals surface area contributed by atoms with Crippen LogP contribution in [0.2, 0.25) is 0 Å². The van der Waals surface area contributed by atoms with Crippen molar-refractivity contribution in [1.29, 1.82) is 0 Å². The Morgan fingerprint density at radius 3 is 1.48 bits per heavy atom. The molecule has 4 aliphatic heterocycles. The maximum absolute atomic E-state index is 14.5. The lowest BCUT2D eigenvalue weighted by molar-refractivity contribution is -0.151. The summed E-state index contributed by atoms with van der Waals surface area (Å²) in [7, 11) is 0. The lowest BCUT2D eigenvalue weighted by Crippen LogP contribution is -2.61. The molecule has 23 N–H and O–H groups in total. The molecule has 0 saturated carbocycles. The van der Waals surface area contributed by atoms with Gasteiger partial charge in [-0.1, -0.05) is 46.2 Å². The molecule has 0 bridgehead atoms. The number of phenols is 1. The number of aromatic hydroxyl groups is 1. The maximum atomic E-state index is 14.5. The Labute approximate surface area is 684 Å². The Kier molecular flexibility index (Phi) is 35.9. The monoisotopic (exact) mass is 1670 g/mol. The first-order chi connectivity index (χ1) is 56.1. The number of carboxylic acid groups (broad SMARTS) is 2. The number of carboxylic acids is 2. The first kappa shape index (κ1) is 95.4. The summed E-state index contributed by atoms with van der Waals surface area (Å²) in [6, 6.07) is -15.9. The van der Waals surface area contributed by atoms with Gasteiger partial charge in [0.1, 0.15) is 90.3 Å². The van der Waals surface area contributed by atoms with Crippen LogP contribution in [0.4, 0.5) is 0 Å². The van der Waals surface area contributed by atoms with Gasteiger partial charge in [-0.2, -0.15) is 0 Å². The van der Waals surface area contributed by atoms with Gasteiger partial charge in [0.25, 0.3) is 0 Å². The summed E-state index contributed by atoms with van der Waals surface area (Å²) in [6.45, 7) is 10.00. The SMILES string of the molecule is CC[C@H](C)[C@H](NC(=O)[C@H](CC(C)C)NC(=O)[C@H](CCC(N)=O)NC(=O)[C@H](CC(N)=O)NC(=O)[C@H](C)NC(=O)CNC(=O)[C@H](Cc1cnc[nH]1)NC(=O)[C@H](CC(=O)O)NC(=O)[C@H](C)NC(=O)[C@H](Cc1ccc(O)cc1)NC(=O)[C@@H]1CCCN1C(=O)[C@@H]1CCCN1C(=O)[C@@H]1CCCN1C(=O)[C@@H](N)CC(N)=O)C(=O)N1CCC[C@H]1C(=O)N[C@@H](C)C(=O)O. The van der Waals surface area contributed by atoms with E-state index in [0.29, 0.717) is 37.7 Å². The number of aromatic nitrogens is 2. The summed E-state index contributed by atoms with van der Waals surface area (Å²) in [5.41, 5.74) is 22.8. The molecular formula is C75H111N21O23. The molecule has 0 unspecified atom stereocenters. The van der Waals surface area contributed by atoms with Crippen LogP contribution in [0.25, 0.3) is 0 Å². The Morgan fingerprint density at radius 2 is 0.950 bits per heavy atom. The molecule has 2 aromatic rings. The summed E-state index contributed by atoms with van der Waals surface area (Å²) >= 11 is 0. The molecule has 5 heterocycles. The molecule has 44 heteroatoms. The number of carbonyl (C=O) groups is 20. The number of carbonyl (C=O) groups excluding carboxylic acids is 18. The van der Waals surface area contributed by atoms with Crippen LogP contribution in [0.3, 0.4) is 0 Å². The van der Waals surface area contributed by atoms with Gasteiger partial charge in [-0.25, -0.2) is 4.98 Å². The second-order valence-corrected chi connectivity index (χ2v) is 30.6. The molecular weight excluding hydrogens is 1560 g/mol. The number of imidazole rings is 1. The third-order valence-electron chi connectivity index (χ3n) is 20.8. The molecule has 44 nitrogen and oxygen atoms in total. The maximum Gasteiger partial charge on any atom is 0.325 e. The van der Waals surface area contributed by atoms with Crippen molar-refractivity contribution in [1.82, 2.24) is 88.1 Å². The van der Waals surface area contributed by atoms with Crippen LogP contribution >= 0.6 is 0 Å². The largest absolute Gasteiger partial charge is 0.508 e. The number of nitrogens with one attached hydrogen (secondary N) is 12. The van der Waals surface area contributed by atoms with E-state index in [4.69, 9.17) is 22.9 Å². The van der Waals surface area contributed by atoms with Crippen LogP contribution in [0, 0.1) is 11.8 Å². The Bertz CT molecular complexity index is 4070. The number of aliphatic carboxylic acids is 2. The van der Waals surface area contributed by atoms with Gasteiger partial charge in [0.05, 0.1) is 38.2 Å². The van der Waals surface area contributed by atoms with Gasteiger partial charge in [-0.3, -0.25) is 95.9 Å². The molecule has 18 amide bonds. The number of rotatable bonds is 44. The zero-order chi connectivity index (χ0) is 88.4. The minimum atomic E-state index is -1.99. The average Bonchev–Trinajstić information content (AvgIpc) is 1.65. The number of benzene rings is 1. The van der Waals surface area contributed by atoms with Gasteiger partial charge < -0.3 is 121 Å². The van der Waals surface area contributed by atoms with E-state index in [1.54, 1.807) is 27.7 Å². The molecule has 1 aromatic carbocycles. The van der Waals surface area contributed by atoms with Crippen LogP contribution in [0.15, 0.2) is 36.8 Å². The summed E-state index contributed by atoms with van der Waals surface area (Å²) in [4.78, 5) is 282. The van der Waals surface area contributed by atoms with E-state index in [0.717, 1.165) is 6.92 Å². The van der Waals surface area contributed by atoms with Crippen molar-refractivity contribution >= 4 is 118 Å². The number of primary amides is 3. The van der Waals surface area contributed by atoms with Crippen molar-refractivity contribution < 1.29 is 111 Å². The van der Waals surface area contributed by atoms with E-state index in [9.17, 15) is 111 Å². The molecule has 4 aliphatic rings. The predicted octanol–water partition coefficient (Wildman–Crippen LogP) is -7.12. The third-order valence-corrected chi connectivity index (χ3v) is 20.8. The van der Waals surface area contributed by atoms with Crippen molar-refractivity contribution in [2.24, 2.45) is 34.8 Å². The number of hydrogen-bond donors (Lipinski definition) is 19. The van der Waals surface area contributed by atoms with Crippen molar-refractivity contribution in [2.45, 2.75) is 248 Å². The van der Waals surface area contributed by atoms with Gasteiger partial charge in [0, 0.05) is 57.3 Å². The summed E-state index contributed by atoms with van der Waals surface area (Å²) in [6.07, 6.45) is 0.989. The first-order valence-corrected chi connectivity index (χ1v) is 39.4. The van der Waals surface area contributed by atoms with Crippen LogP contribution in [-0.2, 0) is 109 Å². The molecule has 4 saturated heterocycles. The highest BCUT2D eigenvalue weighted by Crippen LogP contribution is 2.30. The van der Waals surface area contributed by atoms with Gasteiger partial charge in [0.2, 0.25) is 106 Å². The Hall–Kier alpha value is -12.4. The number of phenolic OH excluding ortho intramolecular Hbond substituents is 1. The van der Waals surface area contributed by atoms with Crippen molar-refractivity contribution in [3.05, 3.63) is 48.0 Å². The smallest absolute Gasteiger partial charge is 0.325 e. The second kappa shape index (κ2) is 44.8. The minimum Gasteiger partial charge on any atom is -0.508 e. The number of likely N-dealkylation sites (tertiary alicyclic amines) is 4. The number of amides is 18. The van der Waals surface area contributed by atoms with Gasteiger partial charge in [0.15, 0.2) is 0 Å². The highest BCUT2D eigenvalue weighted by Gasteiger charge is 2.48.